The lowest BCUT2D eigenvalue weighted by atomic mass is 10.5. The van der Waals surface area contributed by atoms with Crippen LogP contribution < -0.4 is 10.0 Å². The average molecular weight is 318 g/mol. The molecule has 0 saturated carbocycles. The summed E-state index contributed by atoms with van der Waals surface area (Å²) in [6.45, 7) is 4.38. The molecule has 0 atom stereocenters. The van der Waals surface area contributed by atoms with Gasteiger partial charge in [-0.25, -0.2) is 23.1 Å². The highest BCUT2D eigenvalue weighted by atomic mass is 32.2. The lowest BCUT2D eigenvalue weighted by Crippen LogP contribution is -2.26. The molecule has 0 unspecified atom stereocenters. The minimum absolute atomic E-state index is 0.0458. The van der Waals surface area contributed by atoms with Gasteiger partial charge < -0.3 is 14.8 Å². The summed E-state index contributed by atoms with van der Waals surface area (Å²) in [5.41, 5.74) is 0. The second-order valence-electron chi connectivity index (χ2n) is 4.13. The van der Waals surface area contributed by atoms with Gasteiger partial charge in [-0.1, -0.05) is 0 Å². The lowest BCUT2D eigenvalue weighted by Gasteiger charge is -2.07. The third kappa shape index (κ3) is 6.80. The van der Waals surface area contributed by atoms with E-state index in [1.165, 1.54) is 12.4 Å². The van der Waals surface area contributed by atoms with Gasteiger partial charge in [0, 0.05) is 26.8 Å². The molecule has 120 valence electrons. The minimum atomic E-state index is -3.57. The molecule has 0 aliphatic rings. The number of methoxy groups -OCH3 is 1. The highest BCUT2D eigenvalue weighted by Crippen LogP contribution is 2.07. The van der Waals surface area contributed by atoms with Gasteiger partial charge in [0.25, 0.3) is 0 Å². The number of nitrogens with zero attached hydrogens (tertiary/aromatic N) is 2. The molecule has 2 N–H and O–H groups in total. The van der Waals surface area contributed by atoms with Crippen molar-refractivity contribution in [2.45, 2.75) is 18.2 Å². The first kappa shape index (κ1) is 17.8. The van der Waals surface area contributed by atoms with Crippen LogP contribution in [0.2, 0.25) is 0 Å². The maximum atomic E-state index is 12.0. The van der Waals surface area contributed by atoms with Gasteiger partial charge in [-0.15, -0.1) is 0 Å². The van der Waals surface area contributed by atoms with E-state index in [-0.39, 0.29) is 4.90 Å². The van der Waals surface area contributed by atoms with Crippen molar-refractivity contribution in [3.05, 3.63) is 12.4 Å². The van der Waals surface area contributed by atoms with E-state index in [1.54, 1.807) is 7.11 Å². The number of aromatic nitrogens is 2. The Morgan fingerprint density at radius 2 is 1.90 bits per heavy atom. The van der Waals surface area contributed by atoms with Gasteiger partial charge in [0.2, 0.25) is 16.0 Å². The summed E-state index contributed by atoms with van der Waals surface area (Å²) < 4.78 is 36.5. The number of hydrogen-bond acceptors (Lipinski definition) is 7. The van der Waals surface area contributed by atoms with Crippen LogP contribution in [0.3, 0.4) is 0 Å². The fourth-order valence-corrected chi connectivity index (χ4v) is 2.38. The molecule has 8 nitrogen and oxygen atoms in total. The standard InChI is InChI=1S/C12H22N4O4S/c1-3-13-12-14-9-11(10-15-12)21(17,18)16-5-4-6-20-8-7-19-2/h9-10,16H,3-8H2,1-2H3,(H,13,14,15). The normalized spacial score (nSPS) is 11.5. The van der Waals surface area contributed by atoms with Crippen LogP contribution in [0.1, 0.15) is 13.3 Å². The van der Waals surface area contributed by atoms with Gasteiger partial charge in [-0.05, 0) is 13.3 Å². The van der Waals surface area contributed by atoms with Gasteiger partial charge >= 0.3 is 0 Å². The third-order valence-electron chi connectivity index (χ3n) is 2.46. The average Bonchev–Trinajstić information content (AvgIpc) is 2.47. The summed E-state index contributed by atoms with van der Waals surface area (Å²) in [7, 11) is -1.97. The molecule has 0 bridgehead atoms. The highest BCUT2D eigenvalue weighted by Gasteiger charge is 2.14. The van der Waals surface area contributed by atoms with E-state index in [9.17, 15) is 8.42 Å². The van der Waals surface area contributed by atoms with Crippen molar-refractivity contribution in [3.63, 3.8) is 0 Å². The summed E-state index contributed by atoms with van der Waals surface area (Å²) in [6, 6.07) is 0. The summed E-state index contributed by atoms with van der Waals surface area (Å²) in [5, 5.41) is 2.90. The first-order chi connectivity index (χ1) is 10.1. The molecule has 21 heavy (non-hydrogen) atoms. The number of sulfonamides is 1. The summed E-state index contributed by atoms with van der Waals surface area (Å²) >= 11 is 0. The van der Waals surface area contributed by atoms with Crippen molar-refractivity contribution in [3.8, 4) is 0 Å². The van der Waals surface area contributed by atoms with Crippen molar-refractivity contribution in [2.75, 3.05) is 45.3 Å². The van der Waals surface area contributed by atoms with E-state index in [1.807, 2.05) is 6.92 Å². The number of rotatable bonds is 11. The quantitative estimate of drug-likeness (QED) is 0.563. The molecule has 0 amide bonds. The van der Waals surface area contributed by atoms with Crippen LogP contribution in [0.4, 0.5) is 5.95 Å². The first-order valence-electron chi connectivity index (χ1n) is 6.72. The van der Waals surface area contributed by atoms with Crippen molar-refractivity contribution < 1.29 is 17.9 Å². The van der Waals surface area contributed by atoms with Gasteiger partial charge in [0.05, 0.1) is 25.6 Å². The second-order valence-corrected chi connectivity index (χ2v) is 5.90. The number of ether oxygens (including phenoxy) is 2. The Balaban J connectivity index is 2.35. The minimum Gasteiger partial charge on any atom is -0.382 e. The molecule has 1 rings (SSSR count). The predicted octanol–water partition coefficient (Wildman–Crippen LogP) is 0.240. The molecule has 0 spiro atoms. The van der Waals surface area contributed by atoms with Crippen molar-refractivity contribution in [2.24, 2.45) is 0 Å². The fourth-order valence-electron chi connectivity index (χ4n) is 1.41. The SMILES string of the molecule is CCNc1ncc(S(=O)(=O)NCCCOCCOC)cn1. The Hall–Kier alpha value is -1.29. The molecule has 1 aromatic rings. The zero-order chi connectivity index (χ0) is 15.6. The molecular weight excluding hydrogens is 296 g/mol. The second kappa shape index (κ2) is 9.61. The van der Waals surface area contributed by atoms with E-state index >= 15 is 0 Å². The molecule has 9 heteroatoms. The van der Waals surface area contributed by atoms with E-state index < -0.39 is 10.0 Å². The number of hydrogen-bond donors (Lipinski definition) is 2. The number of anilines is 1. The molecule has 0 fully saturated rings. The van der Waals surface area contributed by atoms with E-state index in [4.69, 9.17) is 9.47 Å². The molecular formula is C12H22N4O4S. The zero-order valence-electron chi connectivity index (χ0n) is 12.3. The maximum Gasteiger partial charge on any atom is 0.243 e. The molecule has 0 saturated heterocycles. The summed E-state index contributed by atoms with van der Waals surface area (Å²) in [5.74, 6) is 0.406. The molecule has 0 radical (unpaired) electrons. The fraction of sp³-hybridized carbons (Fsp3) is 0.667. The Morgan fingerprint density at radius 1 is 1.19 bits per heavy atom. The summed E-state index contributed by atoms with van der Waals surface area (Å²) in [6.07, 6.45) is 3.14. The molecule has 0 aliphatic carbocycles. The van der Waals surface area contributed by atoms with Crippen LogP contribution in [0.5, 0.6) is 0 Å². The van der Waals surface area contributed by atoms with E-state index in [2.05, 4.69) is 20.0 Å². The lowest BCUT2D eigenvalue weighted by molar-refractivity contribution is 0.0699. The first-order valence-corrected chi connectivity index (χ1v) is 8.20. The smallest absolute Gasteiger partial charge is 0.243 e. The summed E-state index contributed by atoms with van der Waals surface area (Å²) in [4.78, 5) is 7.91. The van der Waals surface area contributed by atoms with Crippen molar-refractivity contribution in [1.29, 1.82) is 0 Å². The Labute approximate surface area is 125 Å². The monoisotopic (exact) mass is 318 g/mol. The van der Waals surface area contributed by atoms with Gasteiger partial charge in [-0.2, -0.15) is 0 Å². The molecule has 0 aromatic carbocycles. The highest BCUT2D eigenvalue weighted by molar-refractivity contribution is 7.89. The maximum absolute atomic E-state index is 12.0. The topological polar surface area (TPSA) is 102 Å². The van der Waals surface area contributed by atoms with Crippen LogP contribution >= 0.6 is 0 Å². The zero-order valence-corrected chi connectivity index (χ0v) is 13.1. The Bertz CT molecular complexity index is 492. The van der Waals surface area contributed by atoms with E-state index in [0.717, 1.165) is 0 Å². The number of nitrogens with one attached hydrogen (secondary N) is 2. The van der Waals surface area contributed by atoms with Gasteiger partial charge in [-0.3, -0.25) is 0 Å². The van der Waals surface area contributed by atoms with Crippen LogP contribution in [-0.4, -0.2) is 58.4 Å². The van der Waals surface area contributed by atoms with Crippen LogP contribution in [0, 0.1) is 0 Å². The molecule has 1 aromatic heterocycles. The Morgan fingerprint density at radius 3 is 2.52 bits per heavy atom. The van der Waals surface area contributed by atoms with E-state index in [0.29, 0.717) is 45.3 Å². The Kier molecular flexibility index (Phi) is 8.13. The van der Waals surface area contributed by atoms with Crippen LogP contribution in [0.15, 0.2) is 17.3 Å². The van der Waals surface area contributed by atoms with Crippen LogP contribution in [0.25, 0.3) is 0 Å². The molecule has 1 heterocycles. The predicted molar refractivity (Wildman–Crippen MR) is 78.7 cm³/mol. The molecule has 0 aliphatic heterocycles. The van der Waals surface area contributed by atoms with Gasteiger partial charge in [0.1, 0.15) is 4.90 Å². The van der Waals surface area contributed by atoms with Crippen LogP contribution in [-0.2, 0) is 19.5 Å². The largest absolute Gasteiger partial charge is 0.382 e. The third-order valence-corrected chi connectivity index (χ3v) is 3.88. The van der Waals surface area contributed by atoms with Gasteiger partial charge in [0.15, 0.2) is 0 Å². The van der Waals surface area contributed by atoms with Crippen molar-refractivity contribution >= 4 is 16.0 Å². The van der Waals surface area contributed by atoms with Crippen molar-refractivity contribution in [1.82, 2.24) is 14.7 Å².